The number of aryl methyl sites for hydroxylation is 4. The number of rotatable bonds is 8. The van der Waals surface area contributed by atoms with E-state index in [1.54, 1.807) is 81.4 Å². The van der Waals surface area contributed by atoms with Crippen LogP contribution in [0.2, 0.25) is 15.1 Å². The van der Waals surface area contributed by atoms with Crippen LogP contribution in [0.1, 0.15) is 116 Å². The second kappa shape index (κ2) is 38.1. The van der Waals surface area contributed by atoms with Gasteiger partial charge in [-0.2, -0.15) is 36.4 Å². The fourth-order valence-corrected chi connectivity index (χ4v) is 10.8. The first-order valence-corrected chi connectivity index (χ1v) is 29.9. The van der Waals surface area contributed by atoms with E-state index in [0.717, 1.165) is 60.3 Å². The number of fused-ring (bicyclic) bond motifs is 2. The smallest absolute Gasteiger partial charge is 1.00 e. The number of carboxylic acids is 1. The molecule has 0 aliphatic carbocycles. The molecule has 2 unspecified atom stereocenters. The van der Waals surface area contributed by atoms with Crippen LogP contribution in [0.15, 0.2) is 203 Å². The maximum atomic E-state index is 12.1. The molecular formula is C67H55BCl4I2MgN2O13. The Kier molecular flexibility index (Phi) is 32.0. The van der Waals surface area contributed by atoms with Crippen LogP contribution in [0.4, 0.5) is 0 Å². The fourth-order valence-electron chi connectivity index (χ4n) is 8.43. The second-order valence-electron chi connectivity index (χ2n) is 18.6. The van der Waals surface area contributed by atoms with Gasteiger partial charge in [0.15, 0.2) is 12.2 Å². The molecule has 4 heterocycles. The molecule has 2 aromatic heterocycles. The second-order valence-corrected chi connectivity index (χ2v) is 22.2. The van der Waals surface area contributed by atoms with Crippen molar-refractivity contribution in [3.63, 3.8) is 0 Å². The largest absolute Gasteiger partial charge is 2.00 e. The number of aromatic nitrogens is 2. The summed E-state index contributed by atoms with van der Waals surface area (Å²) in [6.45, 7) is 9.26. The number of benzene rings is 8. The van der Waals surface area contributed by atoms with E-state index in [1.165, 1.54) is 6.07 Å². The summed E-state index contributed by atoms with van der Waals surface area (Å²) < 4.78 is 27.2. The van der Waals surface area contributed by atoms with E-state index >= 15 is 0 Å². The quantitative estimate of drug-likeness (QED) is 0.0321. The van der Waals surface area contributed by atoms with Gasteiger partial charge in [0, 0.05) is 49.9 Å². The summed E-state index contributed by atoms with van der Waals surface area (Å²) in [6, 6.07) is 61.7. The summed E-state index contributed by atoms with van der Waals surface area (Å²) in [6.07, 6.45) is 0.136. The van der Waals surface area contributed by atoms with E-state index in [4.69, 9.17) is 68.7 Å². The fraction of sp³-hybridized carbons (Fsp3) is 0.119. The van der Waals surface area contributed by atoms with E-state index in [1.807, 2.05) is 164 Å². The summed E-state index contributed by atoms with van der Waals surface area (Å²) >= 11 is 21.3. The van der Waals surface area contributed by atoms with Gasteiger partial charge < -0.3 is 50.8 Å². The van der Waals surface area contributed by atoms with Crippen molar-refractivity contribution in [2.24, 2.45) is 0 Å². The van der Waals surface area contributed by atoms with Crippen molar-refractivity contribution < 1.29 is 74.8 Å². The van der Waals surface area contributed by atoms with E-state index in [-0.39, 0.29) is 71.1 Å². The van der Waals surface area contributed by atoms with Crippen LogP contribution in [0, 0.1) is 40.9 Å². The van der Waals surface area contributed by atoms with E-state index in [2.05, 4.69) is 43.5 Å². The molecule has 0 saturated heterocycles. The number of hydrogen-bond donors (Lipinski definition) is 3. The summed E-state index contributed by atoms with van der Waals surface area (Å²) in [7, 11) is -1.48. The summed E-state index contributed by atoms with van der Waals surface area (Å²) in [5.41, 5.74) is 10.1. The van der Waals surface area contributed by atoms with Gasteiger partial charge in [0.2, 0.25) is 0 Å². The molecule has 0 spiro atoms. The van der Waals surface area contributed by atoms with Gasteiger partial charge in [-0.05, 0) is 163 Å². The molecule has 15 nitrogen and oxygen atoms in total. The van der Waals surface area contributed by atoms with Crippen molar-refractivity contribution >= 4 is 146 Å². The Balaban J connectivity index is 0.000000233. The average Bonchev–Trinajstić information content (AvgIpc) is 1.75. The van der Waals surface area contributed by atoms with Crippen LogP contribution in [-0.4, -0.2) is 92.4 Å². The number of cyclic esters (lactones) is 2. The number of carboxylic acid groups (broad SMARTS) is 1. The van der Waals surface area contributed by atoms with Crippen molar-refractivity contribution in [1.29, 1.82) is 0 Å². The Labute approximate surface area is 585 Å². The first-order chi connectivity index (χ1) is 42.2. The number of aldehydes is 1. The molecule has 2 aliphatic heterocycles. The summed E-state index contributed by atoms with van der Waals surface area (Å²) in [5, 5.41) is 35.4. The Morgan fingerprint density at radius 1 is 0.611 bits per heavy atom. The van der Waals surface area contributed by atoms with E-state index in [9.17, 15) is 24.0 Å². The van der Waals surface area contributed by atoms with E-state index in [0.29, 0.717) is 58.9 Å². The van der Waals surface area contributed by atoms with Crippen LogP contribution in [-0.2, 0) is 14.2 Å². The maximum Gasteiger partial charge on any atom is 2.00 e. The zero-order chi connectivity index (χ0) is 63.9. The minimum Gasteiger partial charge on any atom is -1.00 e. The monoisotopic (exact) mass is 1520 g/mol. The molecular weight excluding hydrogens is 1470 g/mol. The molecule has 10 aromatic rings. The third kappa shape index (κ3) is 21.9. The molecule has 0 bridgehead atoms. The SMILES string of the molecule is CCOC(=O)c1ccc(Cl)cc1I.Cc1noc(C)c1-c1ccc2c(c1)C(c1ccccc1)OC2=O.Cc1noc(C)c1B(O)O.O=C(O)c1ccc(Cl)cc1I.O=C1OC(c2ccccc2)c2cc(Cl)ccc21.O=Cc1ccccc1.[Cl-].[Mg+2].[c-]1ccccc1. The van der Waals surface area contributed by atoms with Gasteiger partial charge in [0.25, 0.3) is 0 Å². The Bertz CT molecular complexity index is 3900. The van der Waals surface area contributed by atoms with Gasteiger partial charge in [-0.15, -0.1) is 0 Å². The number of carbonyl (C=O) groups excluding carboxylic acids is 4. The van der Waals surface area contributed by atoms with Gasteiger partial charge in [0.05, 0.1) is 40.2 Å². The molecule has 2 aliphatic rings. The molecule has 8 aromatic carbocycles. The normalized spacial score (nSPS) is 12.5. The minimum absolute atomic E-state index is 0. The first kappa shape index (κ1) is 75.6. The zero-order valence-electron chi connectivity index (χ0n) is 48.8. The number of nitrogens with zero attached hydrogens (tertiary/aromatic N) is 2. The average molecular weight is 1530 g/mol. The zero-order valence-corrected chi connectivity index (χ0v) is 57.5. The van der Waals surface area contributed by atoms with Crippen molar-refractivity contribution in [3.05, 3.63) is 295 Å². The number of hydrogen-bond acceptors (Lipinski definition) is 14. The Hall–Kier alpha value is -6.90. The van der Waals surface area contributed by atoms with Crippen LogP contribution >= 0.6 is 80.0 Å². The molecule has 2 atom stereocenters. The van der Waals surface area contributed by atoms with Gasteiger partial charge in [-0.3, -0.25) is 4.79 Å². The predicted octanol–water partition coefficient (Wildman–Crippen LogP) is 12.2. The number of carbonyl (C=O) groups is 5. The molecule has 12 rings (SSSR count). The third-order valence-corrected chi connectivity index (χ3v) is 15.0. The Morgan fingerprint density at radius 2 is 1.06 bits per heavy atom. The van der Waals surface area contributed by atoms with Crippen LogP contribution in [0.3, 0.4) is 0 Å². The number of aromatic carboxylic acids is 1. The molecule has 0 radical (unpaired) electrons. The molecule has 23 heteroatoms. The van der Waals surface area contributed by atoms with Gasteiger partial charge >= 0.3 is 54.0 Å². The predicted molar refractivity (Wildman–Crippen MR) is 360 cm³/mol. The van der Waals surface area contributed by atoms with Gasteiger partial charge in [-0.1, -0.05) is 142 Å². The molecule has 458 valence electrons. The summed E-state index contributed by atoms with van der Waals surface area (Å²) in [4.78, 5) is 55.6. The van der Waals surface area contributed by atoms with Crippen molar-refractivity contribution in [2.75, 3.05) is 6.61 Å². The first-order valence-electron chi connectivity index (χ1n) is 26.6. The molecule has 90 heavy (non-hydrogen) atoms. The van der Waals surface area contributed by atoms with Crippen molar-refractivity contribution in [1.82, 2.24) is 10.3 Å². The van der Waals surface area contributed by atoms with Gasteiger partial charge in [-0.25, -0.2) is 19.2 Å². The standard InChI is InChI=1S/C19H15NO3.C14H9ClO2.C9H8ClIO2.C7H4ClIO2.C7H6O.C6H5.C5H8BNO3.ClH.Mg/c1-11-17(12(2)23-20-11)14-8-9-15-16(10-14)18(22-19(15)21)13-6-4-3-5-7-13;15-10-6-7-11-12(8-10)13(17-14(11)16)9-4-2-1-3-5-9;1-2-13-9(12)7-4-3-6(10)5-8(7)11;8-4-1-2-5(7(10)11)6(9)3-4;8-6-7-4-2-1-3-5-7;1-2-4-6-5-3-1;1-3-5(6(8)9)4(2)10-7-3;;/h3-10,18H,1-2H3;1-8,13H;3-5H,2H2,1H3;1-3H,(H,10,11);1-6H;1-5H;8-9H,1-2H3;1H;/q;;;;;-1;;;+2/p-1. The van der Waals surface area contributed by atoms with Gasteiger partial charge in [0.1, 0.15) is 17.8 Å². The molecule has 3 N–H and O–H groups in total. The van der Waals surface area contributed by atoms with Crippen LogP contribution < -0.4 is 17.9 Å². The molecule has 0 saturated carbocycles. The topological polar surface area (TPSA) is 226 Å². The minimum atomic E-state index is -1.48. The number of esters is 3. The summed E-state index contributed by atoms with van der Waals surface area (Å²) in [5.74, 6) is -0.573. The Morgan fingerprint density at radius 3 is 1.44 bits per heavy atom. The van der Waals surface area contributed by atoms with Crippen LogP contribution in [0.5, 0.6) is 0 Å². The maximum absolute atomic E-state index is 12.1. The molecule has 0 amide bonds. The number of halogens is 6. The number of ether oxygens (including phenoxy) is 3. The van der Waals surface area contributed by atoms with Crippen molar-refractivity contribution in [2.45, 2.75) is 46.8 Å². The molecule has 0 fully saturated rings. The van der Waals surface area contributed by atoms with Crippen LogP contribution in [0.25, 0.3) is 11.1 Å². The van der Waals surface area contributed by atoms with E-state index < -0.39 is 13.1 Å². The van der Waals surface area contributed by atoms with Crippen molar-refractivity contribution in [3.8, 4) is 11.1 Å². The third-order valence-electron chi connectivity index (χ3n) is 12.5.